The highest BCUT2D eigenvalue weighted by molar-refractivity contribution is 6.06. The van der Waals surface area contributed by atoms with E-state index in [0.29, 0.717) is 59.2 Å². The molecule has 0 saturated carbocycles. The number of allylic oxidation sites excluding steroid dienone is 1. The van der Waals surface area contributed by atoms with Gasteiger partial charge in [-0.3, -0.25) is 4.79 Å². The number of nitrogens with zero attached hydrogens (tertiary/aromatic N) is 3. The van der Waals surface area contributed by atoms with Gasteiger partial charge in [0.2, 0.25) is 5.95 Å². The second-order valence-electron chi connectivity index (χ2n) is 10.2. The maximum absolute atomic E-state index is 14.1. The van der Waals surface area contributed by atoms with Crippen molar-refractivity contribution in [3.05, 3.63) is 126 Å². The van der Waals surface area contributed by atoms with Crippen LogP contribution in [0.1, 0.15) is 31.0 Å². The zero-order chi connectivity index (χ0) is 30.5. The fourth-order valence-electron chi connectivity index (χ4n) is 5.22. The maximum Gasteiger partial charge on any atom is 0.255 e. The third-order valence-corrected chi connectivity index (χ3v) is 7.30. The van der Waals surface area contributed by atoms with Crippen LogP contribution in [-0.2, 0) is 11.4 Å². The van der Waals surface area contributed by atoms with E-state index in [1.807, 2.05) is 105 Å². The molecular formula is C35H33N5O4. The van der Waals surface area contributed by atoms with Gasteiger partial charge < -0.3 is 24.8 Å². The lowest BCUT2D eigenvalue weighted by atomic mass is 9.94. The van der Waals surface area contributed by atoms with Crippen LogP contribution in [-0.4, -0.2) is 34.4 Å². The van der Waals surface area contributed by atoms with Crippen molar-refractivity contribution in [3.8, 4) is 28.6 Å². The molecule has 44 heavy (non-hydrogen) atoms. The number of rotatable bonds is 10. The molecule has 0 radical (unpaired) electrons. The molecule has 1 amide bonds. The first-order valence-electron chi connectivity index (χ1n) is 14.4. The lowest BCUT2D eigenvalue weighted by Gasteiger charge is -2.29. The molecule has 4 aromatic carbocycles. The van der Waals surface area contributed by atoms with Crippen molar-refractivity contribution in [2.75, 3.05) is 24.4 Å². The number of ether oxygens (including phenoxy) is 3. The summed E-state index contributed by atoms with van der Waals surface area (Å²) in [4.78, 5) is 18.9. The van der Waals surface area contributed by atoms with Crippen LogP contribution in [0, 0.1) is 0 Å². The Balaban J connectivity index is 1.42. The standard InChI is InChI=1S/C35H33N5O4/c1-4-43-30-21-26(19-20-29(30)44-22-24-13-7-5-8-14-24)32-31(34(41)37-27-17-11-12-18-28(27)42-3)23(2)36-35-38-33(39-40(32)35)25-15-9-6-10-16-25/h5-21,32H,4,22H2,1-3H3,(H,37,41)(H,36,38,39). The summed E-state index contributed by atoms with van der Waals surface area (Å²) in [6.45, 7) is 4.63. The van der Waals surface area contributed by atoms with Gasteiger partial charge in [-0.2, -0.15) is 4.98 Å². The number of nitrogens with one attached hydrogen (secondary N) is 2. The molecule has 0 spiro atoms. The highest BCUT2D eigenvalue weighted by atomic mass is 16.5. The minimum Gasteiger partial charge on any atom is -0.495 e. The zero-order valence-electron chi connectivity index (χ0n) is 24.8. The largest absolute Gasteiger partial charge is 0.495 e. The number of benzene rings is 4. The smallest absolute Gasteiger partial charge is 0.255 e. The van der Waals surface area contributed by atoms with Crippen molar-refractivity contribution in [3.63, 3.8) is 0 Å². The van der Waals surface area contributed by atoms with Gasteiger partial charge in [0.15, 0.2) is 17.3 Å². The lowest BCUT2D eigenvalue weighted by Crippen LogP contribution is -2.31. The van der Waals surface area contributed by atoms with E-state index in [1.54, 1.807) is 23.9 Å². The van der Waals surface area contributed by atoms with Gasteiger partial charge in [0, 0.05) is 11.3 Å². The van der Waals surface area contributed by atoms with Gasteiger partial charge in [-0.05, 0) is 49.2 Å². The molecule has 2 N–H and O–H groups in total. The minimum absolute atomic E-state index is 0.297. The summed E-state index contributed by atoms with van der Waals surface area (Å²) in [5.74, 6) is 2.53. The first-order chi connectivity index (χ1) is 21.6. The number of methoxy groups -OCH3 is 1. The highest BCUT2D eigenvalue weighted by Gasteiger charge is 2.35. The molecule has 0 bridgehead atoms. The summed E-state index contributed by atoms with van der Waals surface area (Å²) in [6.07, 6.45) is 0. The molecule has 1 unspecified atom stereocenters. The molecule has 9 heteroatoms. The summed E-state index contributed by atoms with van der Waals surface area (Å²) in [5, 5.41) is 11.2. The average molecular weight is 588 g/mol. The number of carbonyl (C=O) groups excluding carboxylic acids is 1. The molecule has 0 aliphatic carbocycles. The predicted molar refractivity (Wildman–Crippen MR) is 170 cm³/mol. The van der Waals surface area contributed by atoms with Crippen molar-refractivity contribution in [2.24, 2.45) is 0 Å². The molecule has 9 nitrogen and oxygen atoms in total. The van der Waals surface area contributed by atoms with E-state index in [2.05, 4.69) is 10.6 Å². The van der Waals surface area contributed by atoms with Crippen LogP contribution in [0.2, 0.25) is 0 Å². The molecule has 1 atom stereocenters. The Morgan fingerprint density at radius 1 is 0.886 bits per heavy atom. The number of anilines is 2. The quantitative estimate of drug-likeness (QED) is 0.184. The molecule has 222 valence electrons. The Bertz CT molecular complexity index is 1800. The van der Waals surface area contributed by atoms with Crippen molar-refractivity contribution < 1.29 is 19.0 Å². The summed E-state index contributed by atoms with van der Waals surface area (Å²) in [6, 6.07) is 32.1. The van der Waals surface area contributed by atoms with E-state index >= 15 is 0 Å². The molecular weight excluding hydrogens is 554 g/mol. The fraction of sp³-hybridized carbons (Fsp3) is 0.171. The van der Waals surface area contributed by atoms with Gasteiger partial charge in [0.25, 0.3) is 5.91 Å². The second-order valence-corrected chi connectivity index (χ2v) is 10.2. The molecule has 0 saturated heterocycles. The number of aromatic nitrogens is 3. The average Bonchev–Trinajstić information content (AvgIpc) is 3.48. The normalized spacial score (nSPS) is 13.9. The van der Waals surface area contributed by atoms with Crippen LogP contribution in [0.4, 0.5) is 11.6 Å². The predicted octanol–water partition coefficient (Wildman–Crippen LogP) is 6.86. The van der Waals surface area contributed by atoms with Gasteiger partial charge in [-0.15, -0.1) is 5.10 Å². The van der Waals surface area contributed by atoms with Crippen LogP contribution in [0.3, 0.4) is 0 Å². The Labute approximate surface area is 256 Å². The van der Waals surface area contributed by atoms with Gasteiger partial charge in [-0.25, -0.2) is 4.68 Å². The van der Waals surface area contributed by atoms with Crippen molar-refractivity contribution >= 4 is 17.5 Å². The molecule has 0 fully saturated rings. The third-order valence-electron chi connectivity index (χ3n) is 7.30. The lowest BCUT2D eigenvalue weighted by molar-refractivity contribution is -0.113. The Kier molecular flexibility index (Phi) is 8.27. The van der Waals surface area contributed by atoms with E-state index in [1.165, 1.54) is 0 Å². The van der Waals surface area contributed by atoms with Gasteiger partial charge in [0.1, 0.15) is 18.4 Å². The summed E-state index contributed by atoms with van der Waals surface area (Å²) in [5.41, 5.74) is 4.40. The van der Waals surface area contributed by atoms with Crippen LogP contribution in [0.15, 0.2) is 114 Å². The van der Waals surface area contributed by atoms with Crippen molar-refractivity contribution in [1.82, 2.24) is 14.8 Å². The topological polar surface area (TPSA) is 99.5 Å². The number of fused-ring (bicyclic) bond motifs is 1. The van der Waals surface area contributed by atoms with E-state index < -0.39 is 6.04 Å². The molecule has 5 aromatic rings. The number of hydrogen-bond donors (Lipinski definition) is 2. The Morgan fingerprint density at radius 3 is 2.36 bits per heavy atom. The van der Waals surface area contributed by atoms with Gasteiger partial charge in [-0.1, -0.05) is 78.9 Å². The van der Waals surface area contributed by atoms with E-state index in [-0.39, 0.29) is 5.91 Å². The molecule has 2 heterocycles. The first kappa shape index (κ1) is 28.5. The summed E-state index contributed by atoms with van der Waals surface area (Å²) in [7, 11) is 1.57. The second kappa shape index (κ2) is 12.7. The van der Waals surface area contributed by atoms with Crippen LogP contribution < -0.4 is 24.8 Å². The SMILES string of the molecule is CCOc1cc(C2C(C(=O)Nc3ccccc3OC)=C(C)Nc3nc(-c4ccccc4)nn32)ccc1OCc1ccccc1. The number of para-hydroxylation sites is 2. The van der Waals surface area contributed by atoms with Crippen LogP contribution in [0.25, 0.3) is 11.4 Å². The van der Waals surface area contributed by atoms with E-state index in [9.17, 15) is 4.79 Å². The zero-order valence-corrected chi connectivity index (χ0v) is 24.8. The Morgan fingerprint density at radius 2 is 1.61 bits per heavy atom. The van der Waals surface area contributed by atoms with Crippen molar-refractivity contribution in [2.45, 2.75) is 26.5 Å². The number of amides is 1. The molecule has 1 aliphatic heterocycles. The van der Waals surface area contributed by atoms with Gasteiger partial charge >= 0.3 is 0 Å². The highest BCUT2D eigenvalue weighted by Crippen LogP contribution is 2.40. The van der Waals surface area contributed by atoms with E-state index in [4.69, 9.17) is 24.3 Å². The monoisotopic (exact) mass is 587 g/mol. The van der Waals surface area contributed by atoms with Gasteiger partial charge in [0.05, 0.1) is 25.0 Å². The first-order valence-corrected chi connectivity index (χ1v) is 14.4. The number of hydrogen-bond acceptors (Lipinski definition) is 7. The Hall–Kier alpha value is -5.57. The molecule has 1 aliphatic rings. The summed E-state index contributed by atoms with van der Waals surface area (Å²) >= 11 is 0. The van der Waals surface area contributed by atoms with Crippen LogP contribution in [0.5, 0.6) is 17.2 Å². The minimum atomic E-state index is -0.617. The molecule has 1 aromatic heterocycles. The molecule has 6 rings (SSSR count). The van der Waals surface area contributed by atoms with Crippen molar-refractivity contribution in [1.29, 1.82) is 0 Å². The fourth-order valence-corrected chi connectivity index (χ4v) is 5.22. The summed E-state index contributed by atoms with van der Waals surface area (Å²) < 4.78 is 19.5. The third kappa shape index (κ3) is 5.85. The van der Waals surface area contributed by atoms with Crippen LogP contribution >= 0.6 is 0 Å². The van der Waals surface area contributed by atoms with E-state index in [0.717, 1.165) is 16.7 Å². The maximum atomic E-state index is 14.1. The number of carbonyl (C=O) groups is 1.